The van der Waals surface area contributed by atoms with E-state index in [2.05, 4.69) is 5.32 Å². The number of carbonyl (C=O) groups is 2. The first-order valence-electron chi connectivity index (χ1n) is 8.80. The molecule has 0 saturated heterocycles. The molecule has 2 aromatic rings. The van der Waals surface area contributed by atoms with Crippen LogP contribution in [0.3, 0.4) is 0 Å². The average molecular weight is 355 g/mol. The molecule has 0 unspecified atom stereocenters. The lowest BCUT2D eigenvalue weighted by molar-refractivity contribution is -0.153. The van der Waals surface area contributed by atoms with E-state index in [0.717, 1.165) is 24.0 Å². The maximum absolute atomic E-state index is 13.2. The minimum absolute atomic E-state index is 0.337. The molecule has 0 atom stereocenters. The number of benzene rings is 2. The summed E-state index contributed by atoms with van der Waals surface area (Å²) in [5.41, 5.74) is 1.60. The van der Waals surface area contributed by atoms with Gasteiger partial charge in [-0.2, -0.15) is 0 Å². The summed E-state index contributed by atoms with van der Waals surface area (Å²) < 4.78 is 18.6. The largest absolute Gasteiger partial charge is 0.455 e. The summed E-state index contributed by atoms with van der Waals surface area (Å²) >= 11 is 0. The number of amides is 1. The highest BCUT2D eigenvalue weighted by atomic mass is 19.1. The molecule has 0 bridgehead atoms. The summed E-state index contributed by atoms with van der Waals surface area (Å²) in [6.45, 7) is 1.56. The molecule has 1 N–H and O–H groups in total. The molecule has 0 aromatic heterocycles. The summed E-state index contributed by atoms with van der Waals surface area (Å²) in [7, 11) is 0. The number of nitrogens with one attached hydrogen (secondary N) is 1. The van der Waals surface area contributed by atoms with Crippen LogP contribution in [0.5, 0.6) is 0 Å². The molecule has 0 spiro atoms. The van der Waals surface area contributed by atoms with Crippen LogP contribution in [-0.4, -0.2) is 18.5 Å². The molecule has 26 heavy (non-hydrogen) atoms. The Morgan fingerprint density at radius 2 is 1.73 bits per heavy atom. The number of ether oxygens (including phenoxy) is 1. The van der Waals surface area contributed by atoms with Gasteiger partial charge in [0.25, 0.3) is 5.91 Å². The highest BCUT2D eigenvalue weighted by Gasteiger charge is 2.44. The van der Waals surface area contributed by atoms with Crippen LogP contribution in [-0.2, 0) is 19.7 Å². The number of aryl methyl sites for hydroxylation is 1. The van der Waals surface area contributed by atoms with Crippen molar-refractivity contribution in [3.8, 4) is 0 Å². The smallest absolute Gasteiger partial charge is 0.317 e. The van der Waals surface area contributed by atoms with E-state index in [4.69, 9.17) is 4.74 Å². The zero-order valence-corrected chi connectivity index (χ0v) is 14.8. The van der Waals surface area contributed by atoms with Crippen molar-refractivity contribution in [3.63, 3.8) is 0 Å². The Morgan fingerprint density at radius 1 is 1.08 bits per heavy atom. The Kier molecular flexibility index (Phi) is 5.35. The van der Waals surface area contributed by atoms with Crippen LogP contribution in [0.25, 0.3) is 0 Å². The van der Waals surface area contributed by atoms with Crippen molar-refractivity contribution in [2.24, 2.45) is 0 Å². The van der Waals surface area contributed by atoms with Crippen LogP contribution in [0.4, 0.5) is 10.1 Å². The fraction of sp³-hybridized carbons (Fsp3) is 0.333. The van der Waals surface area contributed by atoms with Gasteiger partial charge < -0.3 is 10.1 Å². The van der Waals surface area contributed by atoms with Crippen LogP contribution in [0.15, 0.2) is 48.5 Å². The van der Waals surface area contributed by atoms with E-state index in [0.29, 0.717) is 18.5 Å². The number of halogens is 1. The van der Waals surface area contributed by atoms with E-state index < -0.39 is 11.4 Å². The molecule has 3 rings (SSSR count). The van der Waals surface area contributed by atoms with E-state index >= 15 is 0 Å². The molecule has 4 nitrogen and oxygen atoms in total. The fourth-order valence-corrected chi connectivity index (χ4v) is 3.53. The molecule has 0 heterocycles. The van der Waals surface area contributed by atoms with Gasteiger partial charge in [-0.3, -0.25) is 9.59 Å². The second-order valence-corrected chi connectivity index (χ2v) is 6.74. The molecule has 1 fully saturated rings. The molecule has 1 amide bonds. The molecule has 0 radical (unpaired) electrons. The third-order valence-electron chi connectivity index (χ3n) is 5.00. The summed E-state index contributed by atoms with van der Waals surface area (Å²) in [4.78, 5) is 24.9. The third kappa shape index (κ3) is 3.77. The van der Waals surface area contributed by atoms with Crippen LogP contribution in [0.2, 0.25) is 0 Å². The number of carbonyl (C=O) groups excluding carboxylic acids is 2. The highest BCUT2D eigenvalue weighted by molar-refractivity contribution is 5.94. The predicted octanol–water partition coefficient (Wildman–Crippen LogP) is 4.13. The van der Waals surface area contributed by atoms with Crippen molar-refractivity contribution in [3.05, 3.63) is 65.5 Å². The van der Waals surface area contributed by atoms with Crippen molar-refractivity contribution >= 4 is 17.6 Å². The van der Waals surface area contributed by atoms with E-state index in [-0.39, 0.29) is 18.3 Å². The summed E-state index contributed by atoms with van der Waals surface area (Å²) in [5.74, 6) is -1.13. The number of hydrogen-bond acceptors (Lipinski definition) is 3. The monoisotopic (exact) mass is 355 g/mol. The first-order chi connectivity index (χ1) is 12.5. The highest BCUT2D eigenvalue weighted by Crippen LogP contribution is 2.42. The van der Waals surface area contributed by atoms with E-state index in [1.807, 2.05) is 25.1 Å². The van der Waals surface area contributed by atoms with Gasteiger partial charge in [-0.15, -0.1) is 0 Å². The standard InChI is InChI=1S/C21H22FNO3/c1-15-6-2-3-7-18(15)23-19(24)14-26-20(25)21(12-4-5-13-21)16-8-10-17(22)11-9-16/h2-3,6-11H,4-5,12-14H2,1H3,(H,23,24). The maximum atomic E-state index is 13.2. The summed E-state index contributed by atoms with van der Waals surface area (Å²) in [6, 6.07) is 13.4. The quantitative estimate of drug-likeness (QED) is 0.821. The second kappa shape index (κ2) is 7.68. The lowest BCUT2D eigenvalue weighted by atomic mass is 9.79. The molecule has 136 valence electrons. The van der Waals surface area contributed by atoms with Crippen LogP contribution >= 0.6 is 0 Å². The van der Waals surface area contributed by atoms with Crippen LogP contribution in [0.1, 0.15) is 36.8 Å². The van der Waals surface area contributed by atoms with Crippen molar-refractivity contribution in [1.82, 2.24) is 0 Å². The Morgan fingerprint density at radius 3 is 2.38 bits per heavy atom. The third-order valence-corrected chi connectivity index (χ3v) is 5.00. The van der Waals surface area contributed by atoms with Crippen molar-refractivity contribution in [2.45, 2.75) is 38.0 Å². The van der Waals surface area contributed by atoms with Crippen LogP contribution in [0, 0.1) is 12.7 Å². The molecular formula is C21H22FNO3. The molecule has 2 aromatic carbocycles. The number of anilines is 1. The molecular weight excluding hydrogens is 333 g/mol. The molecule has 1 aliphatic carbocycles. The lowest BCUT2D eigenvalue weighted by Gasteiger charge is -2.27. The Hall–Kier alpha value is -2.69. The van der Waals surface area contributed by atoms with Crippen LogP contribution < -0.4 is 5.32 Å². The van der Waals surface area contributed by atoms with Gasteiger partial charge in [0.2, 0.25) is 0 Å². The van der Waals surface area contributed by atoms with Gasteiger partial charge in [-0.05, 0) is 49.1 Å². The Labute approximate surface area is 152 Å². The Balaban J connectivity index is 1.66. The number of esters is 1. The normalized spacial score (nSPS) is 15.5. The summed E-state index contributed by atoms with van der Waals surface area (Å²) in [5, 5.41) is 2.75. The topological polar surface area (TPSA) is 55.4 Å². The fourth-order valence-electron chi connectivity index (χ4n) is 3.53. The molecule has 5 heteroatoms. The van der Waals surface area contributed by atoms with Gasteiger partial charge in [0.05, 0.1) is 5.41 Å². The molecule has 0 aliphatic heterocycles. The molecule has 1 aliphatic rings. The van der Waals surface area contributed by atoms with E-state index in [9.17, 15) is 14.0 Å². The van der Waals surface area contributed by atoms with Gasteiger partial charge >= 0.3 is 5.97 Å². The van der Waals surface area contributed by atoms with Crippen molar-refractivity contribution in [1.29, 1.82) is 0 Å². The zero-order valence-electron chi connectivity index (χ0n) is 14.8. The number of rotatable bonds is 5. The minimum atomic E-state index is -0.781. The molecule has 1 saturated carbocycles. The number of para-hydroxylation sites is 1. The Bertz CT molecular complexity index is 795. The van der Waals surface area contributed by atoms with Gasteiger partial charge in [0.1, 0.15) is 5.82 Å². The predicted molar refractivity (Wildman–Crippen MR) is 97.3 cm³/mol. The lowest BCUT2D eigenvalue weighted by Crippen LogP contribution is -2.36. The average Bonchev–Trinajstić information content (AvgIpc) is 3.13. The maximum Gasteiger partial charge on any atom is 0.317 e. The van der Waals surface area contributed by atoms with Gasteiger partial charge in [-0.1, -0.05) is 43.2 Å². The first-order valence-corrected chi connectivity index (χ1v) is 8.80. The van der Waals surface area contributed by atoms with Crippen molar-refractivity contribution in [2.75, 3.05) is 11.9 Å². The van der Waals surface area contributed by atoms with Gasteiger partial charge in [-0.25, -0.2) is 4.39 Å². The van der Waals surface area contributed by atoms with Gasteiger partial charge in [0, 0.05) is 5.69 Å². The summed E-state index contributed by atoms with van der Waals surface area (Å²) in [6.07, 6.45) is 3.11. The van der Waals surface area contributed by atoms with Gasteiger partial charge in [0.15, 0.2) is 6.61 Å². The minimum Gasteiger partial charge on any atom is -0.455 e. The van der Waals surface area contributed by atoms with E-state index in [1.165, 1.54) is 12.1 Å². The van der Waals surface area contributed by atoms with Crippen molar-refractivity contribution < 1.29 is 18.7 Å². The SMILES string of the molecule is Cc1ccccc1NC(=O)COC(=O)C1(c2ccc(F)cc2)CCCC1. The number of hydrogen-bond donors (Lipinski definition) is 1. The second-order valence-electron chi connectivity index (χ2n) is 6.74. The van der Waals surface area contributed by atoms with E-state index in [1.54, 1.807) is 18.2 Å². The first kappa shape index (κ1) is 18.1. The zero-order chi connectivity index (χ0) is 18.6.